The Labute approximate surface area is 259 Å². The van der Waals surface area contributed by atoms with Crippen molar-refractivity contribution in [3.8, 4) is 0 Å². The largest absolute Gasteiger partial charge is 0.459 e. The molecule has 0 aliphatic carbocycles. The van der Waals surface area contributed by atoms with Crippen molar-refractivity contribution in [3.05, 3.63) is 112 Å². The van der Waals surface area contributed by atoms with Gasteiger partial charge in [-0.1, -0.05) is 59.8 Å². The number of para-hydroxylation sites is 1. The standard InChI is InChI=1S/C30H26N4O6S3/c1-18(2)26(29(37)40-17-20-12-14-21(15-13-20)34(38)39)33-27(36)25(32-24(35)16-19-8-4-3-5-9-19)28(33)42-43-30-31-22-10-6-7-11-23(22)41-30/h3-15,25-26,28H,1,16-17H2,2H3,(H,32,35). The Morgan fingerprint density at radius 2 is 1.79 bits per heavy atom. The number of carbonyl (C=O) groups excluding carboxylic acids is 3. The highest BCUT2D eigenvalue weighted by Crippen LogP contribution is 2.45. The second-order valence-electron chi connectivity index (χ2n) is 9.75. The summed E-state index contributed by atoms with van der Waals surface area (Å²) in [5.41, 5.74) is 2.54. The molecule has 1 fully saturated rings. The summed E-state index contributed by atoms with van der Waals surface area (Å²) >= 11 is 1.51. The first kappa shape index (κ1) is 30.3. The van der Waals surface area contributed by atoms with Crippen LogP contribution in [-0.4, -0.2) is 50.0 Å². The number of amides is 2. The second kappa shape index (κ2) is 13.4. The molecule has 2 heterocycles. The fourth-order valence-corrected chi connectivity index (χ4v) is 8.44. The lowest BCUT2D eigenvalue weighted by Gasteiger charge is -2.49. The molecule has 1 aliphatic rings. The molecule has 2 amide bonds. The van der Waals surface area contributed by atoms with Gasteiger partial charge in [0, 0.05) is 12.1 Å². The molecule has 3 unspecified atom stereocenters. The van der Waals surface area contributed by atoms with Gasteiger partial charge < -0.3 is 15.0 Å². The number of fused-ring (bicyclic) bond motifs is 1. The Balaban J connectivity index is 1.32. The molecule has 1 aromatic heterocycles. The topological polar surface area (TPSA) is 132 Å². The van der Waals surface area contributed by atoms with Crippen molar-refractivity contribution in [1.29, 1.82) is 0 Å². The van der Waals surface area contributed by atoms with E-state index in [9.17, 15) is 24.5 Å². The maximum absolute atomic E-state index is 13.5. The van der Waals surface area contributed by atoms with Gasteiger partial charge in [-0.15, -0.1) is 11.3 Å². The minimum atomic E-state index is -1.10. The Kier molecular flexibility index (Phi) is 9.43. The normalized spacial score (nSPS) is 16.8. The van der Waals surface area contributed by atoms with E-state index in [0.717, 1.165) is 20.1 Å². The van der Waals surface area contributed by atoms with Crippen LogP contribution in [0.25, 0.3) is 10.2 Å². The number of hydrogen-bond acceptors (Lipinski definition) is 10. The van der Waals surface area contributed by atoms with Crippen LogP contribution >= 0.6 is 32.9 Å². The highest BCUT2D eigenvalue weighted by molar-refractivity contribution is 8.77. The summed E-state index contributed by atoms with van der Waals surface area (Å²) in [4.78, 5) is 56.2. The van der Waals surface area contributed by atoms with E-state index in [1.807, 2.05) is 54.6 Å². The monoisotopic (exact) mass is 634 g/mol. The van der Waals surface area contributed by atoms with Gasteiger partial charge in [0.1, 0.15) is 18.0 Å². The molecule has 43 heavy (non-hydrogen) atoms. The van der Waals surface area contributed by atoms with E-state index >= 15 is 0 Å². The molecule has 1 aliphatic heterocycles. The minimum absolute atomic E-state index is 0.0769. The number of nitrogens with one attached hydrogen (secondary N) is 1. The quantitative estimate of drug-likeness (QED) is 0.0534. The summed E-state index contributed by atoms with van der Waals surface area (Å²) in [5.74, 6) is -1.43. The van der Waals surface area contributed by atoms with Gasteiger partial charge in [0.05, 0.1) is 21.6 Å². The molecule has 4 aromatic rings. The van der Waals surface area contributed by atoms with E-state index in [2.05, 4.69) is 16.9 Å². The summed E-state index contributed by atoms with van der Waals surface area (Å²) in [6, 6.07) is 20.6. The van der Waals surface area contributed by atoms with Crippen molar-refractivity contribution in [2.24, 2.45) is 0 Å². The molecule has 1 saturated heterocycles. The zero-order valence-electron chi connectivity index (χ0n) is 22.9. The molecule has 0 spiro atoms. The molecule has 0 radical (unpaired) electrons. The summed E-state index contributed by atoms with van der Waals surface area (Å²) in [6.45, 7) is 5.43. The molecule has 0 saturated carbocycles. The highest BCUT2D eigenvalue weighted by atomic mass is 33.1. The molecule has 0 bridgehead atoms. The smallest absolute Gasteiger partial charge is 0.333 e. The van der Waals surface area contributed by atoms with Crippen LogP contribution in [0.1, 0.15) is 18.1 Å². The zero-order valence-corrected chi connectivity index (χ0v) is 25.3. The molecule has 3 aromatic carbocycles. The number of β-lactam (4-membered cyclic amide) rings is 1. The number of ether oxygens (including phenoxy) is 1. The summed E-state index contributed by atoms with van der Waals surface area (Å²) in [6.07, 6.45) is 0.105. The number of likely N-dealkylation sites (tertiary alicyclic amines) is 1. The summed E-state index contributed by atoms with van der Waals surface area (Å²) in [7, 11) is 2.69. The third kappa shape index (κ3) is 7.07. The minimum Gasteiger partial charge on any atom is -0.459 e. The number of non-ortho nitro benzene ring substituents is 1. The number of nitro groups is 1. The second-order valence-corrected chi connectivity index (χ2v) is 13.3. The van der Waals surface area contributed by atoms with Crippen LogP contribution in [0.4, 0.5) is 5.69 Å². The van der Waals surface area contributed by atoms with E-state index in [1.165, 1.54) is 62.1 Å². The Hall–Kier alpha value is -4.20. The Bertz CT molecular complexity index is 1650. The lowest BCUT2D eigenvalue weighted by Crippen LogP contribution is -2.73. The van der Waals surface area contributed by atoms with Gasteiger partial charge in [-0.25, -0.2) is 9.78 Å². The summed E-state index contributed by atoms with van der Waals surface area (Å²) in [5, 5.41) is 13.2. The van der Waals surface area contributed by atoms with Crippen molar-refractivity contribution in [2.75, 3.05) is 0 Å². The molecule has 10 nitrogen and oxygen atoms in total. The molecule has 5 rings (SSSR count). The maximum atomic E-state index is 13.5. The van der Waals surface area contributed by atoms with E-state index in [0.29, 0.717) is 11.1 Å². The van der Waals surface area contributed by atoms with E-state index in [1.54, 1.807) is 6.92 Å². The highest BCUT2D eigenvalue weighted by Gasteiger charge is 2.54. The van der Waals surface area contributed by atoms with Gasteiger partial charge in [0.15, 0.2) is 10.4 Å². The SMILES string of the molecule is C=C(C)C(C(=O)OCc1ccc([N+](=O)[O-])cc1)N1C(=O)C(NC(=O)Cc2ccccc2)C1SSc1nc2ccccc2s1. The van der Waals surface area contributed by atoms with Crippen LogP contribution in [0, 0.1) is 10.1 Å². The number of benzene rings is 3. The molecule has 13 heteroatoms. The van der Waals surface area contributed by atoms with Crippen molar-refractivity contribution >= 4 is 66.6 Å². The third-order valence-electron chi connectivity index (χ3n) is 6.59. The number of rotatable bonds is 12. The van der Waals surface area contributed by atoms with Gasteiger partial charge in [0.2, 0.25) is 11.8 Å². The molecule has 1 N–H and O–H groups in total. The zero-order chi connectivity index (χ0) is 30.5. The first-order valence-corrected chi connectivity index (χ1v) is 16.1. The maximum Gasteiger partial charge on any atom is 0.333 e. The van der Waals surface area contributed by atoms with Crippen LogP contribution < -0.4 is 5.32 Å². The fourth-order valence-electron chi connectivity index (χ4n) is 4.48. The average molecular weight is 635 g/mol. The number of nitro benzene ring substituents is 1. The first-order chi connectivity index (χ1) is 20.7. The summed E-state index contributed by atoms with van der Waals surface area (Å²) < 4.78 is 7.32. The van der Waals surface area contributed by atoms with E-state index < -0.39 is 34.3 Å². The van der Waals surface area contributed by atoms with Gasteiger partial charge in [0.25, 0.3) is 5.69 Å². The fraction of sp³-hybridized carbons (Fsp3) is 0.200. The average Bonchev–Trinajstić information content (AvgIpc) is 3.42. The van der Waals surface area contributed by atoms with Crippen molar-refractivity contribution in [1.82, 2.24) is 15.2 Å². The number of esters is 1. The van der Waals surface area contributed by atoms with Gasteiger partial charge in [-0.2, -0.15) is 0 Å². The van der Waals surface area contributed by atoms with E-state index in [-0.39, 0.29) is 24.6 Å². The predicted octanol–water partition coefficient (Wildman–Crippen LogP) is 5.53. The predicted molar refractivity (Wildman–Crippen MR) is 167 cm³/mol. The molecular formula is C30H26N4O6S3. The van der Waals surface area contributed by atoms with Crippen LogP contribution in [0.5, 0.6) is 0 Å². The number of thiazole rings is 1. The molecule has 3 atom stereocenters. The lowest BCUT2D eigenvalue weighted by atomic mass is 9.99. The number of carbonyl (C=O) groups is 3. The molecule has 220 valence electrons. The van der Waals surface area contributed by atoms with E-state index in [4.69, 9.17) is 4.74 Å². The Morgan fingerprint density at radius 3 is 2.47 bits per heavy atom. The van der Waals surface area contributed by atoms with Crippen LogP contribution in [0.3, 0.4) is 0 Å². The van der Waals surface area contributed by atoms with Gasteiger partial charge in [-0.3, -0.25) is 19.7 Å². The van der Waals surface area contributed by atoms with Crippen molar-refractivity contribution < 1.29 is 24.0 Å². The molecular weight excluding hydrogens is 609 g/mol. The third-order valence-corrected chi connectivity index (χ3v) is 10.6. The van der Waals surface area contributed by atoms with Crippen LogP contribution in [0.2, 0.25) is 0 Å². The van der Waals surface area contributed by atoms with Gasteiger partial charge >= 0.3 is 5.97 Å². The number of nitrogens with zero attached hydrogens (tertiary/aromatic N) is 3. The van der Waals surface area contributed by atoms with Crippen molar-refractivity contribution in [2.45, 2.75) is 41.7 Å². The number of aromatic nitrogens is 1. The lowest BCUT2D eigenvalue weighted by molar-refractivity contribution is -0.384. The first-order valence-electron chi connectivity index (χ1n) is 13.1. The van der Waals surface area contributed by atoms with Crippen LogP contribution in [-0.2, 0) is 32.1 Å². The number of hydrogen-bond donors (Lipinski definition) is 1. The van der Waals surface area contributed by atoms with Gasteiger partial charge in [-0.05, 0) is 58.7 Å². The Morgan fingerprint density at radius 1 is 1.09 bits per heavy atom. The van der Waals surface area contributed by atoms with Crippen molar-refractivity contribution in [3.63, 3.8) is 0 Å². The van der Waals surface area contributed by atoms with Crippen LogP contribution in [0.15, 0.2) is 95.4 Å².